The molecule has 0 aliphatic heterocycles. The molecule has 0 radical (unpaired) electrons. The third-order valence-electron chi connectivity index (χ3n) is 5.67. The molecule has 2 fully saturated rings. The van der Waals surface area contributed by atoms with Gasteiger partial charge in [-0.15, -0.1) is 0 Å². The van der Waals surface area contributed by atoms with Gasteiger partial charge in [0.05, 0.1) is 0 Å². The third-order valence-corrected chi connectivity index (χ3v) is 5.67. The fourth-order valence-electron chi connectivity index (χ4n) is 4.27. The maximum absolute atomic E-state index is 2.55. The van der Waals surface area contributed by atoms with E-state index in [0.717, 1.165) is 17.8 Å². The van der Waals surface area contributed by atoms with Crippen LogP contribution in [0.2, 0.25) is 0 Å². The van der Waals surface area contributed by atoms with Crippen LogP contribution in [0.5, 0.6) is 0 Å². The summed E-state index contributed by atoms with van der Waals surface area (Å²) in [5, 5.41) is 0. The van der Waals surface area contributed by atoms with E-state index in [1.165, 1.54) is 19.3 Å². The molecule has 3 atom stereocenters. The van der Waals surface area contributed by atoms with Crippen LogP contribution in [0.25, 0.3) is 0 Å². The zero-order chi connectivity index (χ0) is 9.85. The number of hydrogen-bond donors (Lipinski definition) is 0. The molecule has 2 bridgehead atoms. The molecule has 0 spiro atoms. The molecular weight excluding hydrogens is 156 g/mol. The Morgan fingerprint density at radius 1 is 1.15 bits per heavy atom. The van der Waals surface area contributed by atoms with Gasteiger partial charge >= 0.3 is 0 Å². The van der Waals surface area contributed by atoms with Gasteiger partial charge in [0.1, 0.15) is 0 Å². The molecule has 0 nitrogen and oxygen atoms in total. The highest BCUT2D eigenvalue weighted by atomic mass is 14.7. The van der Waals surface area contributed by atoms with Gasteiger partial charge in [0, 0.05) is 0 Å². The van der Waals surface area contributed by atoms with Gasteiger partial charge in [-0.1, -0.05) is 34.6 Å². The summed E-state index contributed by atoms with van der Waals surface area (Å²) in [5.74, 6) is 2.89. The summed E-state index contributed by atoms with van der Waals surface area (Å²) in [5.41, 5.74) is 1.26. The van der Waals surface area contributed by atoms with Crippen LogP contribution in [0.15, 0.2) is 0 Å². The Morgan fingerprint density at radius 2 is 1.77 bits per heavy atom. The van der Waals surface area contributed by atoms with Crippen LogP contribution >= 0.6 is 0 Å². The van der Waals surface area contributed by atoms with Crippen molar-refractivity contribution in [3.05, 3.63) is 0 Å². The van der Waals surface area contributed by atoms with E-state index >= 15 is 0 Å². The van der Waals surface area contributed by atoms with Crippen LogP contribution in [0.3, 0.4) is 0 Å². The first-order valence-corrected chi connectivity index (χ1v) is 5.89. The molecule has 13 heavy (non-hydrogen) atoms. The minimum absolute atomic E-state index is 0.613. The minimum Gasteiger partial charge on any atom is -0.0625 e. The maximum atomic E-state index is 2.55. The first kappa shape index (κ1) is 9.55. The number of fused-ring (bicyclic) bond motifs is 2. The highest BCUT2D eigenvalue weighted by Gasteiger charge is 2.61. The van der Waals surface area contributed by atoms with Crippen molar-refractivity contribution in [1.29, 1.82) is 0 Å². The third kappa shape index (κ3) is 0.980. The van der Waals surface area contributed by atoms with Gasteiger partial charge in [-0.3, -0.25) is 0 Å². The Labute approximate surface area is 83.1 Å². The van der Waals surface area contributed by atoms with Crippen LogP contribution in [-0.4, -0.2) is 0 Å². The second-order valence-electron chi connectivity index (χ2n) is 6.46. The molecular formula is C13H24. The molecule has 0 amide bonds. The lowest BCUT2D eigenvalue weighted by Crippen LogP contribution is -2.34. The molecule has 2 aliphatic rings. The zero-order valence-corrected chi connectivity index (χ0v) is 9.85. The summed E-state index contributed by atoms with van der Waals surface area (Å²) >= 11 is 0. The van der Waals surface area contributed by atoms with E-state index in [2.05, 4.69) is 34.6 Å². The van der Waals surface area contributed by atoms with Crippen LogP contribution < -0.4 is 0 Å². The molecule has 2 saturated carbocycles. The van der Waals surface area contributed by atoms with Crippen molar-refractivity contribution < 1.29 is 0 Å². The lowest BCUT2D eigenvalue weighted by atomic mass is 9.64. The summed E-state index contributed by atoms with van der Waals surface area (Å²) in [6.45, 7) is 12.4. The fraction of sp³-hybridized carbons (Fsp3) is 1.00. The first-order valence-electron chi connectivity index (χ1n) is 5.89. The molecule has 76 valence electrons. The van der Waals surface area contributed by atoms with E-state index < -0.39 is 0 Å². The zero-order valence-electron chi connectivity index (χ0n) is 9.85. The summed E-state index contributed by atoms with van der Waals surface area (Å²) < 4.78 is 0. The number of hydrogen-bond acceptors (Lipinski definition) is 0. The first-order chi connectivity index (χ1) is 5.89. The molecule has 0 saturated heterocycles. The fourth-order valence-corrected chi connectivity index (χ4v) is 4.27. The van der Waals surface area contributed by atoms with Crippen LogP contribution in [-0.2, 0) is 0 Å². The van der Waals surface area contributed by atoms with Crippen molar-refractivity contribution in [3.63, 3.8) is 0 Å². The SMILES string of the molecule is CC(C)C1CC2CC[C@]1(C)C2(C)C. The van der Waals surface area contributed by atoms with Gasteiger partial charge in [0.25, 0.3) is 0 Å². The van der Waals surface area contributed by atoms with Crippen molar-refractivity contribution in [2.75, 3.05) is 0 Å². The second-order valence-corrected chi connectivity index (χ2v) is 6.46. The normalized spacial score (nSPS) is 47.5. The Hall–Kier alpha value is 0. The Bertz CT molecular complexity index is 214. The lowest BCUT2D eigenvalue weighted by Gasteiger charge is -2.41. The summed E-state index contributed by atoms with van der Waals surface area (Å²) in [7, 11) is 0. The molecule has 0 N–H and O–H groups in total. The van der Waals surface area contributed by atoms with E-state index in [9.17, 15) is 0 Å². The maximum Gasteiger partial charge on any atom is -0.0241 e. The summed E-state index contributed by atoms with van der Waals surface area (Å²) in [6.07, 6.45) is 4.47. The smallest absolute Gasteiger partial charge is 0.0241 e. The van der Waals surface area contributed by atoms with Crippen LogP contribution in [0, 0.1) is 28.6 Å². The highest BCUT2D eigenvalue weighted by molar-refractivity contribution is 5.10. The van der Waals surface area contributed by atoms with Crippen molar-refractivity contribution in [3.8, 4) is 0 Å². The predicted molar refractivity (Wildman–Crippen MR) is 57.6 cm³/mol. The lowest BCUT2D eigenvalue weighted by molar-refractivity contribution is 0.0766. The summed E-state index contributed by atoms with van der Waals surface area (Å²) in [4.78, 5) is 0. The van der Waals surface area contributed by atoms with Gasteiger partial charge in [-0.2, -0.15) is 0 Å². The monoisotopic (exact) mass is 180 g/mol. The largest absolute Gasteiger partial charge is 0.0625 e. The molecule has 0 aromatic rings. The molecule has 0 heteroatoms. The van der Waals surface area contributed by atoms with Crippen molar-refractivity contribution in [2.24, 2.45) is 28.6 Å². The molecule has 0 aromatic carbocycles. The standard InChI is InChI=1S/C13H24/c1-9(2)11-8-10-6-7-13(11,5)12(10,3)4/h9-11H,6-8H2,1-5H3/t10?,11?,13-/m0/s1. The number of rotatable bonds is 1. The Kier molecular flexibility index (Phi) is 1.85. The highest BCUT2D eigenvalue weighted by Crippen LogP contribution is 2.69. The average Bonchev–Trinajstić information content (AvgIpc) is 2.34. The van der Waals surface area contributed by atoms with E-state index in [4.69, 9.17) is 0 Å². The molecule has 0 heterocycles. The Balaban J connectivity index is 2.33. The van der Waals surface area contributed by atoms with E-state index in [0.29, 0.717) is 10.8 Å². The van der Waals surface area contributed by atoms with Gasteiger partial charge in [-0.05, 0) is 47.8 Å². The topological polar surface area (TPSA) is 0 Å². The quantitative estimate of drug-likeness (QED) is 0.570. The van der Waals surface area contributed by atoms with Gasteiger partial charge in [0.2, 0.25) is 0 Å². The summed E-state index contributed by atoms with van der Waals surface area (Å²) in [6, 6.07) is 0. The minimum atomic E-state index is 0.613. The van der Waals surface area contributed by atoms with Crippen molar-refractivity contribution in [1.82, 2.24) is 0 Å². The predicted octanol–water partition coefficient (Wildman–Crippen LogP) is 4.10. The van der Waals surface area contributed by atoms with Gasteiger partial charge in [0.15, 0.2) is 0 Å². The van der Waals surface area contributed by atoms with Gasteiger partial charge in [-0.25, -0.2) is 0 Å². The molecule has 2 unspecified atom stereocenters. The van der Waals surface area contributed by atoms with Crippen LogP contribution in [0.1, 0.15) is 53.9 Å². The van der Waals surface area contributed by atoms with E-state index in [1.807, 2.05) is 0 Å². The van der Waals surface area contributed by atoms with Crippen molar-refractivity contribution in [2.45, 2.75) is 53.9 Å². The Morgan fingerprint density at radius 3 is 2.00 bits per heavy atom. The average molecular weight is 180 g/mol. The van der Waals surface area contributed by atoms with E-state index in [-0.39, 0.29) is 0 Å². The molecule has 0 aromatic heterocycles. The molecule has 2 aliphatic carbocycles. The van der Waals surface area contributed by atoms with E-state index in [1.54, 1.807) is 0 Å². The van der Waals surface area contributed by atoms with Gasteiger partial charge < -0.3 is 0 Å². The van der Waals surface area contributed by atoms with Crippen molar-refractivity contribution >= 4 is 0 Å². The second kappa shape index (κ2) is 2.52. The molecule has 2 rings (SSSR count). The van der Waals surface area contributed by atoms with Crippen LogP contribution in [0.4, 0.5) is 0 Å².